The van der Waals surface area contributed by atoms with Gasteiger partial charge in [0.1, 0.15) is 5.75 Å². The molecule has 0 fully saturated rings. The molecule has 1 heterocycles. The summed E-state index contributed by atoms with van der Waals surface area (Å²) in [6, 6.07) is 12.0. The van der Waals surface area contributed by atoms with Crippen molar-refractivity contribution in [1.29, 1.82) is 0 Å². The average Bonchev–Trinajstić information content (AvgIpc) is 3.16. The minimum Gasteiger partial charge on any atom is -0.497 e. The molecular weight excluding hydrogens is 406 g/mol. The highest BCUT2D eigenvalue weighted by Gasteiger charge is 2.24. The van der Waals surface area contributed by atoms with Crippen LogP contribution >= 0.6 is 0 Å². The zero-order valence-electron chi connectivity index (χ0n) is 17.0. The van der Waals surface area contributed by atoms with E-state index in [2.05, 4.69) is 10.0 Å². The van der Waals surface area contributed by atoms with Gasteiger partial charge in [-0.3, -0.25) is 9.59 Å². The standard InChI is InChI=1S/C21H25N3O5S/c1-15(25)24-12-10-17-13-19(7-8-20(17)24)30(27,28)23-11-9-21(26)22-14-16-3-5-18(29-2)6-4-16/h3-8,13,23H,9-12,14H2,1-2H3,(H,22,26). The van der Waals surface area contributed by atoms with Gasteiger partial charge in [0.15, 0.2) is 0 Å². The number of rotatable bonds is 8. The Morgan fingerprint density at radius 2 is 1.87 bits per heavy atom. The van der Waals surface area contributed by atoms with Gasteiger partial charge in [-0.25, -0.2) is 13.1 Å². The fourth-order valence-corrected chi connectivity index (χ4v) is 4.37. The van der Waals surface area contributed by atoms with Crippen LogP contribution in [0.4, 0.5) is 5.69 Å². The summed E-state index contributed by atoms with van der Waals surface area (Å²) in [6.07, 6.45) is 0.643. The van der Waals surface area contributed by atoms with Gasteiger partial charge in [-0.05, 0) is 47.9 Å². The molecule has 2 aromatic carbocycles. The lowest BCUT2D eigenvalue weighted by molar-refractivity contribution is -0.121. The van der Waals surface area contributed by atoms with E-state index in [9.17, 15) is 18.0 Å². The summed E-state index contributed by atoms with van der Waals surface area (Å²) in [5.41, 5.74) is 2.49. The highest BCUT2D eigenvalue weighted by Crippen LogP contribution is 2.30. The second kappa shape index (κ2) is 9.27. The third-order valence-electron chi connectivity index (χ3n) is 4.93. The summed E-state index contributed by atoms with van der Waals surface area (Å²) < 4.78 is 32.6. The third kappa shape index (κ3) is 5.17. The average molecular weight is 432 g/mol. The van der Waals surface area contributed by atoms with Crippen molar-refractivity contribution in [1.82, 2.24) is 10.0 Å². The molecule has 9 heteroatoms. The number of hydrogen-bond donors (Lipinski definition) is 2. The van der Waals surface area contributed by atoms with Crippen LogP contribution in [0, 0.1) is 0 Å². The van der Waals surface area contributed by atoms with Gasteiger partial charge >= 0.3 is 0 Å². The first kappa shape index (κ1) is 21.8. The summed E-state index contributed by atoms with van der Waals surface area (Å²) in [5, 5.41) is 2.76. The lowest BCUT2D eigenvalue weighted by atomic mass is 10.2. The fraction of sp³-hybridized carbons (Fsp3) is 0.333. The number of hydrogen-bond acceptors (Lipinski definition) is 5. The van der Waals surface area contributed by atoms with Crippen LogP contribution in [0.15, 0.2) is 47.4 Å². The molecular formula is C21H25N3O5S. The monoisotopic (exact) mass is 431 g/mol. The number of benzene rings is 2. The van der Waals surface area contributed by atoms with Crippen molar-refractivity contribution in [2.45, 2.75) is 31.2 Å². The number of ether oxygens (including phenoxy) is 1. The van der Waals surface area contributed by atoms with Crippen molar-refractivity contribution in [2.75, 3.05) is 25.1 Å². The summed E-state index contributed by atoms with van der Waals surface area (Å²) in [7, 11) is -2.15. The van der Waals surface area contributed by atoms with Gasteiger partial charge in [-0.1, -0.05) is 12.1 Å². The van der Waals surface area contributed by atoms with Crippen LogP contribution in [0.1, 0.15) is 24.5 Å². The molecule has 0 unspecified atom stereocenters. The van der Waals surface area contributed by atoms with Crippen LogP contribution in [0.3, 0.4) is 0 Å². The molecule has 0 aromatic heterocycles. The van der Waals surface area contributed by atoms with Crippen LogP contribution in [0.2, 0.25) is 0 Å². The van der Waals surface area contributed by atoms with E-state index in [1.165, 1.54) is 13.0 Å². The third-order valence-corrected chi connectivity index (χ3v) is 6.39. The molecule has 160 valence electrons. The molecule has 30 heavy (non-hydrogen) atoms. The maximum absolute atomic E-state index is 12.5. The molecule has 3 rings (SSSR count). The number of carbonyl (C=O) groups is 2. The molecule has 0 radical (unpaired) electrons. The Morgan fingerprint density at radius 3 is 2.53 bits per heavy atom. The first-order chi connectivity index (χ1) is 14.3. The van der Waals surface area contributed by atoms with E-state index in [1.807, 2.05) is 24.3 Å². The van der Waals surface area contributed by atoms with Crippen LogP contribution in [0.25, 0.3) is 0 Å². The molecule has 2 aromatic rings. The number of fused-ring (bicyclic) bond motifs is 1. The molecule has 2 N–H and O–H groups in total. The molecule has 0 spiro atoms. The lowest BCUT2D eigenvalue weighted by Gasteiger charge is -2.15. The minimum atomic E-state index is -3.74. The first-order valence-corrected chi connectivity index (χ1v) is 11.1. The molecule has 0 saturated carbocycles. The van der Waals surface area contributed by atoms with Crippen LogP contribution < -0.4 is 19.7 Å². The fourth-order valence-electron chi connectivity index (χ4n) is 3.29. The van der Waals surface area contributed by atoms with Crippen molar-refractivity contribution in [3.05, 3.63) is 53.6 Å². The highest BCUT2D eigenvalue weighted by atomic mass is 32.2. The normalized spacial score (nSPS) is 13.1. The zero-order chi connectivity index (χ0) is 21.7. The topological polar surface area (TPSA) is 105 Å². The number of nitrogens with one attached hydrogen (secondary N) is 2. The Kier molecular flexibility index (Phi) is 6.73. The minimum absolute atomic E-state index is 0.00651. The van der Waals surface area contributed by atoms with Crippen LogP contribution in [0.5, 0.6) is 5.75 Å². The number of anilines is 1. The summed E-state index contributed by atoms with van der Waals surface area (Å²) in [5.74, 6) is 0.419. The van der Waals surface area contributed by atoms with Gasteiger partial charge in [0.05, 0.1) is 12.0 Å². The van der Waals surface area contributed by atoms with E-state index >= 15 is 0 Å². The number of amides is 2. The van der Waals surface area contributed by atoms with Gasteiger partial charge in [-0.15, -0.1) is 0 Å². The first-order valence-electron chi connectivity index (χ1n) is 9.60. The van der Waals surface area contributed by atoms with E-state index in [4.69, 9.17) is 4.74 Å². The summed E-state index contributed by atoms with van der Waals surface area (Å²) in [6.45, 7) is 2.39. The van der Waals surface area contributed by atoms with Crippen molar-refractivity contribution in [3.63, 3.8) is 0 Å². The SMILES string of the molecule is COc1ccc(CNC(=O)CCNS(=O)(=O)c2ccc3c(c2)CCN3C(C)=O)cc1. The maximum atomic E-state index is 12.5. The van der Waals surface area contributed by atoms with Crippen molar-refractivity contribution in [2.24, 2.45) is 0 Å². The Balaban J connectivity index is 1.50. The van der Waals surface area contributed by atoms with E-state index in [-0.39, 0.29) is 29.7 Å². The number of nitrogens with zero attached hydrogens (tertiary/aromatic N) is 1. The molecule has 0 bridgehead atoms. The number of carbonyl (C=O) groups excluding carboxylic acids is 2. The van der Waals surface area contributed by atoms with Crippen LogP contribution in [-0.4, -0.2) is 40.4 Å². The molecule has 1 aliphatic heterocycles. The summed E-state index contributed by atoms with van der Waals surface area (Å²) >= 11 is 0. The lowest BCUT2D eigenvalue weighted by Crippen LogP contribution is -2.30. The van der Waals surface area contributed by atoms with Gasteiger partial charge in [-0.2, -0.15) is 0 Å². The predicted molar refractivity (Wildman–Crippen MR) is 113 cm³/mol. The van der Waals surface area contributed by atoms with Gasteiger partial charge in [0.2, 0.25) is 21.8 Å². The van der Waals surface area contributed by atoms with Gasteiger partial charge in [0.25, 0.3) is 0 Å². The van der Waals surface area contributed by atoms with E-state index < -0.39 is 10.0 Å². The van der Waals surface area contributed by atoms with Gasteiger partial charge < -0.3 is 15.0 Å². The van der Waals surface area contributed by atoms with Crippen LogP contribution in [-0.2, 0) is 32.6 Å². The van der Waals surface area contributed by atoms with Gasteiger partial charge in [0, 0.05) is 38.7 Å². The van der Waals surface area contributed by atoms with Crippen molar-refractivity contribution < 1.29 is 22.7 Å². The maximum Gasteiger partial charge on any atom is 0.240 e. The van der Waals surface area contributed by atoms with E-state index in [0.29, 0.717) is 19.5 Å². The Labute approximate surface area is 176 Å². The number of sulfonamides is 1. The largest absolute Gasteiger partial charge is 0.497 e. The second-order valence-corrected chi connectivity index (χ2v) is 8.75. The molecule has 0 atom stereocenters. The molecule has 2 amide bonds. The van der Waals surface area contributed by atoms with E-state index in [0.717, 1.165) is 22.6 Å². The Bertz CT molecular complexity index is 1040. The van der Waals surface area contributed by atoms with Crippen molar-refractivity contribution in [3.8, 4) is 5.75 Å². The second-order valence-electron chi connectivity index (χ2n) is 6.98. The molecule has 0 saturated heterocycles. The molecule has 8 nitrogen and oxygen atoms in total. The number of methoxy groups -OCH3 is 1. The quantitative estimate of drug-likeness (QED) is 0.660. The predicted octanol–water partition coefficient (Wildman–Crippen LogP) is 1.59. The summed E-state index contributed by atoms with van der Waals surface area (Å²) in [4.78, 5) is 25.4. The highest BCUT2D eigenvalue weighted by molar-refractivity contribution is 7.89. The van der Waals surface area contributed by atoms with E-state index in [1.54, 1.807) is 24.1 Å². The molecule has 1 aliphatic rings. The smallest absolute Gasteiger partial charge is 0.240 e. The Hall–Kier alpha value is -2.91. The molecule has 0 aliphatic carbocycles. The Morgan fingerprint density at radius 1 is 1.13 bits per heavy atom. The zero-order valence-corrected chi connectivity index (χ0v) is 17.8. The van der Waals surface area contributed by atoms with Crippen molar-refractivity contribution >= 4 is 27.5 Å².